The van der Waals surface area contributed by atoms with Gasteiger partial charge >= 0.3 is 0 Å². The minimum absolute atomic E-state index is 0.118. The van der Waals surface area contributed by atoms with Crippen molar-refractivity contribution < 1.29 is 14.3 Å². The Labute approximate surface area is 221 Å². The molecule has 2 heterocycles. The highest BCUT2D eigenvalue weighted by molar-refractivity contribution is 5.97. The van der Waals surface area contributed by atoms with Crippen LogP contribution in [-0.4, -0.2) is 66.9 Å². The molecule has 1 aliphatic rings. The molecule has 0 aliphatic carbocycles. The summed E-state index contributed by atoms with van der Waals surface area (Å²) in [7, 11) is 0. The van der Waals surface area contributed by atoms with E-state index < -0.39 is 0 Å². The van der Waals surface area contributed by atoms with Crippen LogP contribution in [0.4, 0.5) is 17.3 Å². The zero-order valence-electron chi connectivity index (χ0n) is 21.3. The van der Waals surface area contributed by atoms with Crippen molar-refractivity contribution in [1.82, 2.24) is 20.2 Å². The number of hydrogen-bond acceptors (Lipinski definition) is 8. The number of carbonyl (C=O) groups is 1. The Morgan fingerprint density at radius 3 is 2.74 bits per heavy atom. The Morgan fingerprint density at radius 2 is 1.92 bits per heavy atom. The lowest BCUT2D eigenvalue weighted by Crippen LogP contribution is -2.41. The Kier molecular flexibility index (Phi) is 7.86. The van der Waals surface area contributed by atoms with E-state index in [9.17, 15) is 4.79 Å². The first-order valence-corrected chi connectivity index (χ1v) is 12.6. The molecule has 194 valence electrons. The third-order valence-corrected chi connectivity index (χ3v) is 6.29. The third kappa shape index (κ3) is 6.13. The summed E-state index contributed by atoms with van der Waals surface area (Å²) in [6.07, 6.45) is 1.63. The number of nitrogens with one attached hydrogen (secondary N) is 2. The number of amides is 1. The van der Waals surface area contributed by atoms with Crippen LogP contribution >= 0.6 is 0 Å². The maximum absolute atomic E-state index is 12.8. The average Bonchev–Trinajstić information content (AvgIpc) is 2.94. The van der Waals surface area contributed by atoms with Crippen LogP contribution in [0.2, 0.25) is 0 Å². The molecule has 3 aromatic carbocycles. The lowest BCUT2D eigenvalue weighted by molar-refractivity contribution is 0.0383. The van der Waals surface area contributed by atoms with Crippen molar-refractivity contribution in [3.63, 3.8) is 0 Å². The molecule has 0 spiro atoms. The van der Waals surface area contributed by atoms with Gasteiger partial charge in [-0.2, -0.15) is 4.98 Å². The predicted molar refractivity (Wildman–Crippen MR) is 149 cm³/mol. The fraction of sp³-hybridized carbons (Fsp3) is 0.241. The number of morpholine rings is 1. The monoisotopic (exact) mass is 510 g/mol. The van der Waals surface area contributed by atoms with Crippen LogP contribution in [0, 0.1) is 6.92 Å². The normalized spacial score (nSPS) is 13.7. The minimum Gasteiger partial charge on any atom is -0.438 e. The molecular formula is C29H30N6O3. The fourth-order valence-electron chi connectivity index (χ4n) is 4.42. The molecule has 0 saturated carbocycles. The first kappa shape index (κ1) is 25.3. The Balaban J connectivity index is 1.27. The topological polar surface area (TPSA) is 101 Å². The van der Waals surface area contributed by atoms with Crippen LogP contribution in [0.25, 0.3) is 10.8 Å². The lowest BCUT2D eigenvalue weighted by atomic mass is 10.1. The largest absolute Gasteiger partial charge is 0.438 e. The second kappa shape index (κ2) is 11.8. The van der Waals surface area contributed by atoms with Crippen LogP contribution < -0.4 is 15.4 Å². The number of hydrogen-bond donors (Lipinski definition) is 2. The highest BCUT2D eigenvalue weighted by Crippen LogP contribution is 2.35. The van der Waals surface area contributed by atoms with Crippen molar-refractivity contribution in [3.8, 4) is 11.6 Å². The molecule has 38 heavy (non-hydrogen) atoms. The van der Waals surface area contributed by atoms with Crippen molar-refractivity contribution in [3.05, 3.63) is 78.0 Å². The van der Waals surface area contributed by atoms with E-state index in [4.69, 9.17) is 9.47 Å². The fourth-order valence-corrected chi connectivity index (χ4v) is 4.42. The number of nitrogens with zero attached hydrogens (tertiary/aromatic N) is 4. The molecule has 1 fully saturated rings. The predicted octanol–water partition coefficient (Wildman–Crippen LogP) is 4.87. The van der Waals surface area contributed by atoms with Crippen LogP contribution in [0.1, 0.15) is 15.9 Å². The third-order valence-electron chi connectivity index (χ3n) is 6.29. The zero-order chi connectivity index (χ0) is 26.3. The van der Waals surface area contributed by atoms with Gasteiger partial charge in [0.15, 0.2) is 0 Å². The summed E-state index contributed by atoms with van der Waals surface area (Å²) >= 11 is 0. The Hall–Kier alpha value is -4.34. The summed E-state index contributed by atoms with van der Waals surface area (Å²) < 4.78 is 11.5. The summed E-state index contributed by atoms with van der Waals surface area (Å²) in [6, 6.07) is 18.9. The standard InChI is InChI=1S/C29H30N6O3/c1-20-17-21(28(36)31-11-12-35-13-15-37-16-14-35)19-22(18-20)33-29-32-10-9-27(34-29)38-26-8-7-25(30-2)23-5-3-4-6-24(23)26/h3-10,17-19H,2,11-16H2,1H3,(H,31,36)(H,32,33,34). The molecule has 1 aromatic heterocycles. The van der Waals surface area contributed by atoms with Crippen molar-refractivity contribution >= 4 is 40.7 Å². The second-order valence-corrected chi connectivity index (χ2v) is 9.03. The summed E-state index contributed by atoms with van der Waals surface area (Å²) in [4.78, 5) is 28.0. The first-order chi connectivity index (χ1) is 18.6. The molecule has 4 aromatic rings. The van der Waals surface area contributed by atoms with Gasteiger partial charge in [-0.1, -0.05) is 24.3 Å². The summed E-state index contributed by atoms with van der Waals surface area (Å²) in [5.74, 6) is 1.29. The van der Waals surface area contributed by atoms with Crippen LogP contribution in [-0.2, 0) is 4.74 Å². The summed E-state index contributed by atoms with van der Waals surface area (Å²) in [6.45, 7) is 10.2. The van der Waals surface area contributed by atoms with Crippen LogP contribution in [0.15, 0.2) is 71.9 Å². The molecule has 9 nitrogen and oxygen atoms in total. The molecule has 1 amide bonds. The highest BCUT2D eigenvalue weighted by atomic mass is 16.5. The molecule has 0 radical (unpaired) electrons. The number of carbonyl (C=O) groups excluding carboxylic acids is 1. The number of aliphatic imine (C=N–C) groups is 1. The van der Waals surface area contributed by atoms with Gasteiger partial charge in [-0.05, 0) is 49.5 Å². The van der Waals surface area contributed by atoms with Gasteiger partial charge in [0.25, 0.3) is 5.91 Å². The highest BCUT2D eigenvalue weighted by Gasteiger charge is 2.13. The van der Waals surface area contributed by atoms with E-state index in [1.165, 1.54) is 0 Å². The van der Waals surface area contributed by atoms with Crippen molar-refractivity contribution in [1.29, 1.82) is 0 Å². The van der Waals surface area contributed by atoms with Gasteiger partial charge in [0.1, 0.15) is 5.75 Å². The molecular weight excluding hydrogens is 480 g/mol. The first-order valence-electron chi connectivity index (χ1n) is 12.6. The van der Waals surface area contributed by atoms with Gasteiger partial charge in [-0.25, -0.2) is 4.98 Å². The SMILES string of the molecule is C=Nc1ccc(Oc2ccnc(Nc3cc(C)cc(C(=O)NCCN4CCOCC4)c3)n2)c2ccccc12. The maximum atomic E-state index is 12.8. The van der Waals surface area contributed by atoms with E-state index in [1.807, 2.05) is 55.5 Å². The van der Waals surface area contributed by atoms with Gasteiger partial charge in [0, 0.05) is 60.5 Å². The summed E-state index contributed by atoms with van der Waals surface area (Å²) in [5.41, 5.74) is 3.03. The number of ether oxygens (including phenoxy) is 2. The van der Waals surface area contributed by atoms with E-state index in [-0.39, 0.29) is 5.91 Å². The average molecular weight is 511 g/mol. The van der Waals surface area contributed by atoms with E-state index >= 15 is 0 Å². The van der Waals surface area contributed by atoms with E-state index in [2.05, 4.69) is 37.2 Å². The Bertz CT molecular complexity index is 1450. The van der Waals surface area contributed by atoms with Gasteiger partial charge in [-0.15, -0.1) is 0 Å². The molecule has 1 saturated heterocycles. The zero-order valence-corrected chi connectivity index (χ0v) is 21.3. The maximum Gasteiger partial charge on any atom is 0.251 e. The minimum atomic E-state index is -0.118. The van der Waals surface area contributed by atoms with Crippen molar-refractivity contribution in [2.75, 3.05) is 44.7 Å². The smallest absolute Gasteiger partial charge is 0.251 e. The second-order valence-electron chi connectivity index (χ2n) is 9.03. The molecule has 0 atom stereocenters. The van der Waals surface area contributed by atoms with Crippen molar-refractivity contribution in [2.24, 2.45) is 4.99 Å². The quantitative estimate of drug-likeness (QED) is 0.310. The number of aromatic nitrogens is 2. The van der Waals surface area contributed by atoms with Crippen LogP contribution in [0.5, 0.6) is 11.6 Å². The van der Waals surface area contributed by atoms with Gasteiger partial charge < -0.3 is 20.1 Å². The van der Waals surface area contributed by atoms with Crippen LogP contribution in [0.3, 0.4) is 0 Å². The lowest BCUT2D eigenvalue weighted by Gasteiger charge is -2.26. The number of rotatable bonds is 9. The van der Waals surface area contributed by atoms with Gasteiger partial charge in [0.05, 0.1) is 18.9 Å². The number of fused-ring (bicyclic) bond motifs is 1. The van der Waals surface area contributed by atoms with Crippen molar-refractivity contribution in [2.45, 2.75) is 6.92 Å². The molecule has 0 unspecified atom stereocenters. The number of anilines is 2. The van der Waals surface area contributed by atoms with E-state index in [0.717, 1.165) is 54.9 Å². The van der Waals surface area contributed by atoms with Gasteiger partial charge in [-0.3, -0.25) is 14.7 Å². The molecule has 0 bridgehead atoms. The van der Waals surface area contributed by atoms with E-state index in [1.54, 1.807) is 18.3 Å². The number of benzene rings is 3. The van der Waals surface area contributed by atoms with E-state index in [0.29, 0.717) is 35.4 Å². The molecule has 5 rings (SSSR count). The molecule has 2 N–H and O–H groups in total. The van der Waals surface area contributed by atoms with Gasteiger partial charge in [0.2, 0.25) is 11.8 Å². The Morgan fingerprint density at radius 1 is 1.11 bits per heavy atom. The molecule has 9 heteroatoms. The molecule has 1 aliphatic heterocycles. The number of aryl methyl sites for hydroxylation is 1. The summed E-state index contributed by atoms with van der Waals surface area (Å²) in [5, 5.41) is 8.07.